The van der Waals surface area contributed by atoms with E-state index in [2.05, 4.69) is 41.5 Å². The largest absolute Gasteiger partial charge is 0.317 e. The summed E-state index contributed by atoms with van der Waals surface area (Å²) in [5.74, 6) is 0. The average Bonchev–Trinajstić information content (AvgIpc) is 2.29. The van der Waals surface area contributed by atoms with Crippen molar-refractivity contribution in [3.8, 4) is 0 Å². The topological polar surface area (TPSA) is 24.9 Å². The van der Waals surface area contributed by atoms with E-state index in [1.807, 2.05) is 12.3 Å². The zero-order valence-electron chi connectivity index (χ0n) is 9.03. The van der Waals surface area contributed by atoms with Crippen molar-refractivity contribution in [2.75, 3.05) is 13.1 Å². The van der Waals surface area contributed by atoms with Gasteiger partial charge in [0.2, 0.25) is 0 Å². The fraction of sp³-hybridized carbons (Fsp3) is 0.308. The number of likely N-dealkylation sites (N-methyl/N-ethyl adjacent to an activating group) is 1. The zero-order chi connectivity index (χ0) is 10.5. The molecule has 15 heavy (non-hydrogen) atoms. The number of pyridine rings is 1. The van der Waals surface area contributed by atoms with E-state index in [1.165, 1.54) is 10.9 Å². The van der Waals surface area contributed by atoms with Crippen LogP contribution >= 0.6 is 0 Å². The Balaban J connectivity index is 2.16. The molecule has 2 aromatic rings. The molecule has 0 aliphatic rings. The molecule has 2 nitrogen and oxygen atoms in total. The maximum Gasteiger partial charge on any atom is 0.0702 e. The second-order valence-electron chi connectivity index (χ2n) is 3.63. The minimum atomic E-state index is 1.04. The van der Waals surface area contributed by atoms with Crippen molar-refractivity contribution in [3.63, 3.8) is 0 Å². The molecule has 0 unspecified atom stereocenters. The fourth-order valence-electron chi connectivity index (χ4n) is 1.69. The summed E-state index contributed by atoms with van der Waals surface area (Å²) in [6.07, 6.45) is 2.92. The Morgan fingerprint density at radius 3 is 3.07 bits per heavy atom. The number of hydrogen-bond acceptors (Lipinski definition) is 2. The average molecular weight is 200 g/mol. The number of nitrogens with zero attached hydrogens (tertiary/aromatic N) is 1. The molecule has 0 spiro atoms. The maximum atomic E-state index is 4.30. The van der Waals surface area contributed by atoms with Gasteiger partial charge in [0.15, 0.2) is 0 Å². The van der Waals surface area contributed by atoms with Crippen molar-refractivity contribution in [2.24, 2.45) is 0 Å². The van der Waals surface area contributed by atoms with Crippen LogP contribution in [0, 0.1) is 0 Å². The van der Waals surface area contributed by atoms with Crippen LogP contribution in [0.1, 0.15) is 12.5 Å². The highest BCUT2D eigenvalue weighted by Gasteiger charge is 1.96. The first-order valence-corrected chi connectivity index (χ1v) is 5.44. The normalized spacial score (nSPS) is 10.7. The molecule has 1 aromatic heterocycles. The van der Waals surface area contributed by atoms with Gasteiger partial charge >= 0.3 is 0 Å². The molecule has 0 saturated heterocycles. The summed E-state index contributed by atoms with van der Waals surface area (Å²) in [4.78, 5) is 4.30. The lowest BCUT2D eigenvalue weighted by Crippen LogP contribution is -2.15. The summed E-state index contributed by atoms with van der Waals surface area (Å²) in [5.41, 5.74) is 2.45. The van der Waals surface area contributed by atoms with Gasteiger partial charge in [-0.15, -0.1) is 0 Å². The minimum absolute atomic E-state index is 1.04. The minimum Gasteiger partial charge on any atom is -0.317 e. The Hall–Kier alpha value is -1.41. The third kappa shape index (κ3) is 2.54. The molecule has 0 aliphatic carbocycles. The number of fused-ring (bicyclic) bond motifs is 1. The summed E-state index contributed by atoms with van der Waals surface area (Å²) >= 11 is 0. The van der Waals surface area contributed by atoms with Gasteiger partial charge in [0.25, 0.3) is 0 Å². The lowest BCUT2D eigenvalue weighted by atomic mass is 10.1. The lowest BCUT2D eigenvalue weighted by Gasteiger charge is -2.03. The first-order chi connectivity index (χ1) is 7.40. The molecule has 0 atom stereocenters. The van der Waals surface area contributed by atoms with E-state index in [4.69, 9.17) is 0 Å². The second kappa shape index (κ2) is 4.89. The second-order valence-corrected chi connectivity index (χ2v) is 3.63. The van der Waals surface area contributed by atoms with E-state index in [0.29, 0.717) is 0 Å². The molecule has 2 rings (SSSR count). The predicted molar refractivity (Wildman–Crippen MR) is 64.0 cm³/mol. The van der Waals surface area contributed by atoms with Gasteiger partial charge < -0.3 is 5.32 Å². The highest BCUT2D eigenvalue weighted by molar-refractivity contribution is 5.78. The number of benzene rings is 1. The quantitative estimate of drug-likeness (QED) is 0.766. The van der Waals surface area contributed by atoms with Crippen LogP contribution in [0.5, 0.6) is 0 Å². The van der Waals surface area contributed by atoms with Crippen molar-refractivity contribution in [1.82, 2.24) is 10.3 Å². The van der Waals surface area contributed by atoms with Crippen LogP contribution in [0.15, 0.2) is 36.5 Å². The molecule has 2 heteroatoms. The molecule has 0 radical (unpaired) electrons. The van der Waals surface area contributed by atoms with Crippen LogP contribution in [-0.2, 0) is 6.42 Å². The summed E-state index contributed by atoms with van der Waals surface area (Å²) < 4.78 is 0. The highest BCUT2D eigenvalue weighted by atomic mass is 14.8. The van der Waals surface area contributed by atoms with Crippen LogP contribution in [0.4, 0.5) is 0 Å². The van der Waals surface area contributed by atoms with Gasteiger partial charge in [0.1, 0.15) is 0 Å². The van der Waals surface area contributed by atoms with E-state index in [-0.39, 0.29) is 0 Å². The van der Waals surface area contributed by atoms with E-state index in [9.17, 15) is 0 Å². The van der Waals surface area contributed by atoms with Gasteiger partial charge in [0.05, 0.1) is 5.52 Å². The summed E-state index contributed by atoms with van der Waals surface area (Å²) in [6.45, 7) is 4.21. The summed E-state index contributed by atoms with van der Waals surface area (Å²) in [7, 11) is 0. The van der Waals surface area contributed by atoms with Crippen molar-refractivity contribution >= 4 is 10.9 Å². The van der Waals surface area contributed by atoms with Crippen LogP contribution in [0.2, 0.25) is 0 Å². The van der Waals surface area contributed by atoms with Crippen LogP contribution < -0.4 is 5.32 Å². The van der Waals surface area contributed by atoms with Gasteiger partial charge in [-0.2, -0.15) is 0 Å². The zero-order valence-corrected chi connectivity index (χ0v) is 9.03. The number of rotatable bonds is 4. The van der Waals surface area contributed by atoms with Gasteiger partial charge in [-0.3, -0.25) is 4.98 Å². The monoisotopic (exact) mass is 200 g/mol. The molecular weight excluding hydrogens is 184 g/mol. The molecular formula is C13H16N2. The third-order valence-electron chi connectivity index (χ3n) is 2.51. The fourth-order valence-corrected chi connectivity index (χ4v) is 1.69. The number of nitrogens with one attached hydrogen (secondary N) is 1. The third-order valence-corrected chi connectivity index (χ3v) is 2.51. The molecule has 0 aliphatic heterocycles. The SMILES string of the molecule is CCNCCc1ccc2ncccc2c1. The van der Waals surface area contributed by atoms with Crippen molar-refractivity contribution in [1.29, 1.82) is 0 Å². The molecule has 0 bridgehead atoms. The Kier molecular flexibility index (Phi) is 3.30. The van der Waals surface area contributed by atoms with E-state index >= 15 is 0 Å². The van der Waals surface area contributed by atoms with Crippen LogP contribution in [0.3, 0.4) is 0 Å². The molecule has 1 aromatic carbocycles. The smallest absolute Gasteiger partial charge is 0.0702 e. The van der Waals surface area contributed by atoms with Gasteiger partial charge in [-0.05, 0) is 43.3 Å². The Morgan fingerprint density at radius 2 is 2.20 bits per heavy atom. The highest BCUT2D eigenvalue weighted by Crippen LogP contribution is 2.13. The van der Waals surface area contributed by atoms with Crippen molar-refractivity contribution < 1.29 is 0 Å². The summed E-state index contributed by atoms with van der Waals surface area (Å²) in [6, 6.07) is 10.6. The Bertz CT molecular complexity index is 437. The molecule has 78 valence electrons. The molecule has 0 fully saturated rings. The molecule has 0 saturated carbocycles. The first-order valence-electron chi connectivity index (χ1n) is 5.44. The molecule has 1 heterocycles. The van der Waals surface area contributed by atoms with Gasteiger partial charge in [-0.1, -0.05) is 19.1 Å². The van der Waals surface area contributed by atoms with Crippen molar-refractivity contribution in [2.45, 2.75) is 13.3 Å². The van der Waals surface area contributed by atoms with E-state index in [0.717, 1.165) is 25.0 Å². The Labute approximate surface area is 90.3 Å². The van der Waals surface area contributed by atoms with Gasteiger partial charge in [0, 0.05) is 11.6 Å². The molecule has 0 amide bonds. The first kappa shape index (κ1) is 10.1. The van der Waals surface area contributed by atoms with Crippen molar-refractivity contribution in [3.05, 3.63) is 42.1 Å². The lowest BCUT2D eigenvalue weighted by molar-refractivity contribution is 0.717. The number of aromatic nitrogens is 1. The van der Waals surface area contributed by atoms with E-state index < -0.39 is 0 Å². The Morgan fingerprint density at radius 1 is 1.27 bits per heavy atom. The van der Waals surface area contributed by atoms with Crippen LogP contribution in [0.25, 0.3) is 10.9 Å². The van der Waals surface area contributed by atoms with Gasteiger partial charge in [-0.25, -0.2) is 0 Å². The number of hydrogen-bond donors (Lipinski definition) is 1. The molecule has 1 N–H and O–H groups in total. The predicted octanol–water partition coefficient (Wildman–Crippen LogP) is 2.39. The standard InChI is InChI=1S/C13H16N2/c1-2-14-9-7-11-5-6-13-12(10-11)4-3-8-15-13/h3-6,8,10,14H,2,7,9H2,1H3. The maximum absolute atomic E-state index is 4.30. The van der Waals surface area contributed by atoms with Crippen LogP contribution in [-0.4, -0.2) is 18.1 Å². The van der Waals surface area contributed by atoms with E-state index in [1.54, 1.807) is 0 Å². The summed E-state index contributed by atoms with van der Waals surface area (Å²) in [5, 5.41) is 4.56.